The van der Waals surface area contributed by atoms with Crippen LogP contribution in [0.25, 0.3) is 0 Å². The summed E-state index contributed by atoms with van der Waals surface area (Å²) in [4.78, 5) is 9.87. The van der Waals surface area contributed by atoms with Gasteiger partial charge in [-0.15, -0.1) is 0 Å². The number of sulfone groups is 1. The highest BCUT2D eigenvalue weighted by Gasteiger charge is 2.38. The van der Waals surface area contributed by atoms with Crippen molar-refractivity contribution in [2.75, 3.05) is 18.1 Å². The summed E-state index contributed by atoms with van der Waals surface area (Å²) in [5.74, 6) is -0.305. The Bertz CT molecular complexity index is 837. The molecule has 1 aromatic rings. The van der Waals surface area contributed by atoms with Gasteiger partial charge in [0.1, 0.15) is 5.02 Å². The lowest BCUT2D eigenvalue weighted by Gasteiger charge is -2.25. The average Bonchev–Trinajstić information content (AvgIpc) is 2.79. The largest absolute Gasteiger partial charge is 0.289 e. The Balaban J connectivity index is 2.44. The highest BCUT2D eigenvalue weighted by atomic mass is 35.5. The molecule has 0 aromatic heterocycles. The molecule has 2 rings (SSSR count). The lowest BCUT2D eigenvalue weighted by Crippen LogP contribution is -2.40. The molecule has 1 heterocycles. The first-order chi connectivity index (χ1) is 10.6. The second-order valence-corrected chi connectivity index (χ2v) is 9.66. The maximum Gasteiger partial charge on any atom is 0.289 e. The summed E-state index contributed by atoms with van der Waals surface area (Å²) in [6.45, 7) is 1.66. The Morgan fingerprint density at radius 2 is 2.09 bits per heavy atom. The zero-order chi connectivity index (χ0) is 17.4. The number of benzene rings is 1. The monoisotopic (exact) mass is 382 g/mol. The van der Waals surface area contributed by atoms with E-state index in [4.69, 9.17) is 11.6 Å². The molecule has 0 N–H and O–H groups in total. The van der Waals surface area contributed by atoms with Gasteiger partial charge in [0.15, 0.2) is 9.84 Å². The third-order valence-corrected chi connectivity index (χ3v) is 7.74. The molecular weight excluding hydrogens is 368 g/mol. The molecule has 0 spiro atoms. The van der Waals surface area contributed by atoms with Crippen LogP contribution in [0.1, 0.15) is 13.3 Å². The number of halogens is 1. The van der Waals surface area contributed by atoms with Gasteiger partial charge in [0.2, 0.25) is 10.0 Å². The van der Waals surface area contributed by atoms with E-state index in [1.54, 1.807) is 6.92 Å². The van der Waals surface area contributed by atoms with E-state index in [2.05, 4.69) is 0 Å². The summed E-state index contributed by atoms with van der Waals surface area (Å²) < 4.78 is 49.7. The standard InChI is InChI=1S/C12H15ClN2O6S2/c1-2-14(9-5-6-22(18,19)8-9)23(20,21)10-3-4-11(13)12(7-10)15(16)17/h3-4,7,9H,2,5-6,8H2,1H3/t9-/m1/s1. The molecule has 1 aliphatic heterocycles. The number of hydrogen-bond donors (Lipinski definition) is 0. The number of nitro groups is 1. The van der Waals surface area contributed by atoms with Crippen LogP contribution < -0.4 is 0 Å². The van der Waals surface area contributed by atoms with Gasteiger partial charge < -0.3 is 0 Å². The van der Waals surface area contributed by atoms with Crippen LogP contribution in [0.2, 0.25) is 5.02 Å². The predicted molar refractivity (Wildman–Crippen MR) is 84.7 cm³/mol. The van der Waals surface area contributed by atoms with Crippen LogP contribution in [0.15, 0.2) is 23.1 Å². The molecule has 23 heavy (non-hydrogen) atoms. The van der Waals surface area contributed by atoms with Crippen molar-refractivity contribution < 1.29 is 21.8 Å². The first-order valence-corrected chi connectivity index (χ1v) is 10.4. The molecule has 128 valence electrons. The van der Waals surface area contributed by atoms with E-state index < -0.39 is 36.5 Å². The maximum absolute atomic E-state index is 12.7. The minimum absolute atomic E-state index is 0.0650. The van der Waals surface area contributed by atoms with Crippen molar-refractivity contribution in [1.82, 2.24) is 4.31 Å². The number of rotatable bonds is 5. The van der Waals surface area contributed by atoms with Gasteiger partial charge in [0, 0.05) is 18.7 Å². The maximum atomic E-state index is 12.7. The molecule has 1 aromatic carbocycles. The summed E-state index contributed by atoms with van der Waals surface area (Å²) in [6.07, 6.45) is 0.213. The third kappa shape index (κ3) is 3.65. The fourth-order valence-corrected chi connectivity index (χ4v) is 6.25. The average molecular weight is 383 g/mol. The summed E-state index contributed by atoms with van der Waals surface area (Å²) >= 11 is 5.69. The van der Waals surface area contributed by atoms with E-state index in [1.165, 1.54) is 6.07 Å². The summed E-state index contributed by atoms with van der Waals surface area (Å²) in [7, 11) is -7.31. The van der Waals surface area contributed by atoms with Crippen molar-refractivity contribution in [3.8, 4) is 0 Å². The molecule has 1 aliphatic rings. The first kappa shape index (κ1) is 18.1. The van der Waals surface area contributed by atoms with Crippen LogP contribution in [-0.2, 0) is 19.9 Å². The van der Waals surface area contributed by atoms with Gasteiger partial charge in [-0.2, -0.15) is 4.31 Å². The number of nitro benzene ring substituents is 1. The molecular formula is C12H15ClN2O6S2. The highest BCUT2D eigenvalue weighted by Crippen LogP contribution is 2.30. The molecule has 1 atom stereocenters. The lowest BCUT2D eigenvalue weighted by molar-refractivity contribution is -0.384. The molecule has 1 fully saturated rings. The van der Waals surface area contributed by atoms with E-state index in [1.807, 2.05) is 0 Å². The van der Waals surface area contributed by atoms with Crippen molar-refractivity contribution in [1.29, 1.82) is 0 Å². The number of nitrogens with zero attached hydrogens (tertiary/aromatic N) is 2. The van der Waals surface area contributed by atoms with Crippen molar-refractivity contribution in [2.45, 2.75) is 24.3 Å². The smallest absolute Gasteiger partial charge is 0.258 e. The Labute approximate surface area is 139 Å². The van der Waals surface area contributed by atoms with Crippen LogP contribution in [0, 0.1) is 10.1 Å². The van der Waals surface area contributed by atoms with Gasteiger partial charge in [-0.25, -0.2) is 16.8 Å². The first-order valence-electron chi connectivity index (χ1n) is 6.74. The van der Waals surface area contributed by atoms with Gasteiger partial charge in [-0.1, -0.05) is 18.5 Å². The van der Waals surface area contributed by atoms with Gasteiger partial charge in [0.05, 0.1) is 21.3 Å². The van der Waals surface area contributed by atoms with Crippen LogP contribution in [-0.4, -0.2) is 50.2 Å². The Morgan fingerprint density at radius 1 is 1.43 bits per heavy atom. The summed E-state index contributed by atoms with van der Waals surface area (Å²) in [5, 5.41) is 10.7. The number of sulfonamides is 1. The third-order valence-electron chi connectivity index (χ3n) is 3.65. The van der Waals surface area contributed by atoms with Crippen molar-refractivity contribution >= 4 is 37.1 Å². The quantitative estimate of drug-likeness (QED) is 0.562. The Hall–Kier alpha value is -1.23. The summed E-state index contributed by atoms with van der Waals surface area (Å²) in [5.41, 5.74) is -0.511. The van der Waals surface area contributed by atoms with Gasteiger partial charge in [0.25, 0.3) is 5.69 Å². The van der Waals surface area contributed by atoms with Gasteiger partial charge in [-0.05, 0) is 18.6 Å². The molecule has 0 unspecified atom stereocenters. The fraction of sp³-hybridized carbons (Fsp3) is 0.500. The van der Waals surface area contributed by atoms with Gasteiger partial charge >= 0.3 is 0 Å². The number of hydrogen-bond acceptors (Lipinski definition) is 6. The lowest BCUT2D eigenvalue weighted by atomic mass is 10.3. The fourth-order valence-electron chi connectivity index (χ4n) is 2.56. The Kier molecular flexibility index (Phi) is 5.00. The van der Waals surface area contributed by atoms with E-state index >= 15 is 0 Å². The van der Waals surface area contributed by atoms with Crippen LogP contribution in [0.3, 0.4) is 0 Å². The topological polar surface area (TPSA) is 115 Å². The molecule has 0 amide bonds. The molecule has 0 aliphatic carbocycles. The predicted octanol–water partition coefficient (Wildman–Crippen LogP) is 1.45. The molecule has 1 saturated heterocycles. The zero-order valence-corrected chi connectivity index (χ0v) is 14.6. The van der Waals surface area contributed by atoms with E-state index in [0.717, 1.165) is 16.4 Å². The van der Waals surface area contributed by atoms with Crippen LogP contribution in [0.4, 0.5) is 5.69 Å². The van der Waals surface area contributed by atoms with E-state index in [-0.39, 0.29) is 34.4 Å². The minimum Gasteiger partial charge on any atom is -0.258 e. The molecule has 0 radical (unpaired) electrons. The second kappa shape index (κ2) is 6.34. The van der Waals surface area contributed by atoms with Crippen molar-refractivity contribution in [2.24, 2.45) is 0 Å². The van der Waals surface area contributed by atoms with Gasteiger partial charge in [-0.3, -0.25) is 10.1 Å². The SMILES string of the molecule is CCN([C@@H]1CCS(=O)(=O)C1)S(=O)(=O)c1ccc(Cl)c([N+](=O)[O-])c1. The second-order valence-electron chi connectivity index (χ2n) is 5.14. The zero-order valence-electron chi connectivity index (χ0n) is 12.2. The van der Waals surface area contributed by atoms with Crippen molar-refractivity contribution in [3.63, 3.8) is 0 Å². The molecule has 0 saturated carbocycles. The van der Waals surface area contributed by atoms with E-state index in [0.29, 0.717) is 0 Å². The van der Waals surface area contributed by atoms with Crippen LogP contribution >= 0.6 is 11.6 Å². The molecule has 11 heteroatoms. The molecule has 8 nitrogen and oxygen atoms in total. The van der Waals surface area contributed by atoms with Crippen LogP contribution in [0.5, 0.6) is 0 Å². The molecule has 0 bridgehead atoms. The summed E-state index contributed by atoms with van der Waals surface area (Å²) in [6, 6.07) is 2.55. The van der Waals surface area contributed by atoms with Crippen molar-refractivity contribution in [3.05, 3.63) is 33.3 Å². The minimum atomic E-state index is -4.05. The highest BCUT2D eigenvalue weighted by molar-refractivity contribution is 7.92. The Morgan fingerprint density at radius 3 is 2.57 bits per heavy atom. The normalized spacial score (nSPS) is 20.7. The van der Waals surface area contributed by atoms with E-state index in [9.17, 15) is 26.9 Å².